The first-order valence-corrected chi connectivity index (χ1v) is 6.70. The molecule has 0 aliphatic heterocycles. The molecule has 5 heteroatoms. The molecule has 0 amide bonds. The first-order chi connectivity index (χ1) is 13.2. The number of hydrogen-bond donors (Lipinski definition) is 0. The molecule has 0 aliphatic rings. The Kier molecular flexibility index (Phi) is 2.49. The van der Waals surface area contributed by atoms with Gasteiger partial charge in [0.1, 0.15) is 0 Å². The third-order valence-electron chi connectivity index (χ3n) is 3.32. The average Bonchev–Trinajstić information content (AvgIpc) is 2.69. The minimum atomic E-state index is -0.824. The zero-order valence-corrected chi connectivity index (χ0v) is 12.1. The average molecular weight is 311 g/mol. The van der Waals surface area contributed by atoms with Crippen molar-refractivity contribution < 1.29 is 21.1 Å². The van der Waals surface area contributed by atoms with Crippen LogP contribution in [0, 0.1) is 17.3 Å². The van der Waals surface area contributed by atoms with E-state index in [4.69, 9.17) is 6.85 Å². The number of fused-ring (bicyclic) bond motifs is 1. The zero-order chi connectivity index (χ0) is 20.7. The van der Waals surface area contributed by atoms with E-state index in [9.17, 15) is 15.2 Å². The molecular weight excluding hydrogens is 292 g/mol. The fourth-order valence-electron chi connectivity index (χ4n) is 2.21. The van der Waals surface area contributed by atoms with Crippen LogP contribution in [0.5, 0.6) is 0 Å². The molecule has 0 bridgehead atoms. The summed E-state index contributed by atoms with van der Waals surface area (Å²) in [6, 6.07) is 3.45. The molecule has 0 spiro atoms. The molecule has 3 aromatic rings. The van der Waals surface area contributed by atoms with Gasteiger partial charge in [0.15, 0.2) is 0 Å². The number of carbonyl (C=O) groups excluding carboxylic acids is 1. The molecule has 0 aliphatic carbocycles. The van der Waals surface area contributed by atoms with E-state index in [0.717, 1.165) is 12.2 Å². The Morgan fingerprint density at radius 3 is 2.35 bits per heavy atom. The van der Waals surface area contributed by atoms with Crippen molar-refractivity contribution in [3.8, 4) is 0 Å². The van der Waals surface area contributed by atoms with Crippen molar-refractivity contribution in [2.45, 2.75) is 6.92 Å². The highest BCUT2D eigenvalue weighted by Crippen LogP contribution is 2.10. The predicted molar refractivity (Wildman–Crippen MR) is 86.4 cm³/mol. The van der Waals surface area contributed by atoms with Gasteiger partial charge in [-0.3, -0.25) is 4.79 Å². The fourth-order valence-corrected chi connectivity index (χ4v) is 2.21. The van der Waals surface area contributed by atoms with Crippen molar-refractivity contribution >= 4 is 22.9 Å². The number of para-hydroxylation sites is 2. The Hall–Kier alpha value is -3.21. The summed E-state index contributed by atoms with van der Waals surface area (Å²) in [4.78, 5) is 12.6. The maximum Gasteiger partial charge on any atom is 0.333 e. The molecule has 0 atom stereocenters. The lowest BCUT2D eigenvalue weighted by Crippen LogP contribution is -2.46. The molecule has 114 valence electrons. The van der Waals surface area contributed by atoms with E-state index < -0.39 is 41.7 Å². The minimum Gasteiger partial charge on any atom is -0.618 e. The topological polar surface area (TPSA) is 71.0 Å². The van der Waals surface area contributed by atoms with Crippen LogP contribution in [0.3, 0.4) is 0 Å². The van der Waals surface area contributed by atoms with Crippen molar-refractivity contribution in [2.75, 3.05) is 0 Å². The summed E-state index contributed by atoms with van der Waals surface area (Å²) in [5.41, 5.74) is -0.573. The van der Waals surface area contributed by atoms with Gasteiger partial charge in [-0.15, -0.1) is 0 Å². The van der Waals surface area contributed by atoms with Gasteiger partial charge in [0.25, 0.3) is 22.5 Å². The number of aromatic nitrogens is 2. The van der Waals surface area contributed by atoms with Crippen molar-refractivity contribution in [2.24, 2.45) is 0 Å². The van der Waals surface area contributed by atoms with Gasteiger partial charge in [0.2, 0.25) is 0 Å². The smallest absolute Gasteiger partial charge is 0.333 e. The lowest BCUT2D eigenvalue weighted by atomic mass is 10.1. The first-order valence-electron chi connectivity index (χ1n) is 9.20. The van der Waals surface area contributed by atoms with Crippen molar-refractivity contribution in [1.29, 1.82) is 0 Å². The number of hydrogen-bond acceptors (Lipinski definition) is 3. The van der Waals surface area contributed by atoms with Crippen LogP contribution in [0.4, 0.5) is 0 Å². The molecule has 0 fully saturated rings. The number of ketones is 1. The molecule has 0 radical (unpaired) electrons. The van der Waals surface area contributed by atoms with Crippen molar-refractivity contribution in [3.05, 3.63) is 87.9 Å². The van der Waals surface area contributed by atoms with Crippen LogP contribution in [-0.2, 0) is 0 Å². The Bertz CT molecular complexity index is 1150. The van der Waals surface area contributed by atoms with Crippen molar-refractivity contribution in [1.82, 2.24) is 0 Å². The predicted octanol–water partition coefficient (Wildman–Crippen LogP) is 2.31. The SMILES string of the molecule is [2H]c1c([2H])c([2H])c(/C=C/C(=O)c2c(C)[n+]([O-])c3ccccc3[n+]2[O-])c([2H])c1[2H]. The van der Waals surface area contributed by atoms with Crippen LogP contribution in [0.25, 0.3) is 17.1 Å². The van der Waals surface area contributed by atoms with E-state index in [2.05, 4.69) is 0 Å². The van der Waals surface area contributed by atoms with Crippen LogP contribution in [0.15, 0.2) is 60.6 Å². The van der Waals surface area contributed by atoms with Gasteiger partial charge in [-0.05, 0) is 11.6 Å². The molecule has 1 aromatic heterocycles. The second-order valence-corrected chi connectivity index (χ2v) is 4.75. The van der Waals surface area contributed by atoms with Gasteiger partial charge in [0, 0.05) is 19.1 Å². The Morgan fingerprint density at radius 1 is 1.09 bits per heavy atom. The molecular formula is C18H14N2O3. The summed E-state index contributed by atoms with van der Waals surface area (Å²) in [5, 5.41) is 25.0. The standard InChI is InChI=1S/C18H14N2O3/c1-13-18(17(21)12-11-14-7-3-2-4-8-14)20(23)16-10-6-5-9-15(16)19(13)22/h2-12H,1H3/b12-11+/i2D,3D,4D,7D,8D. The monoisotopic (exact) mass is 311 g/mol. The zero-order valence-electron chi connectivity index (χ0n) is 17.1. The molecule has 0 unspecified atom stereocenters. The van der Waals surface area contributed by atoms with E-state index in [-0.39, 0.29) is 22.3 Å². The number of benzene rings is 2. The second kappa shape index (κ2) is 5.88. The van der Waals surface area contributed by atoms with Crippen LogP contribution in [-0.4, -0.2) is 5.78 Å². The molecule has 1 heterocycles. The number of nitrogens with zero attached hydrogens (tertiary/aromatic N) is 2. The number of allylic oxidation sites excluding steroid dienone is 1. The first kappa shape index (κ1) is 9.74. The van der Waals surface area contributed by atoms with E-state index in [0.29, 0.717) is 9.46 Å². The van der Waals surface area contributed by atoms with E-state index in [1.165, 1.54) is 19.1 Å². The highest BCUT2D eigenvalue weighted by atomic mass is 16.5. The van der Waals surface area contributed by atoms with Gasteiger partial charge in [0.05, 0.1) is 6.85 Å². The molecule has 23 heavy (non-hydrogen) atoms. The normalized spacial score (nSPS) is 14.2. The summed E-state index contributed by atoms with van der Waals surface area (Å²) in [6.07, 6.45) is 1.96. The third kappa shape index (κ3) is 2.64. The molecule has 0 saturated heterocycles. The fraction of sp³-hybridized carbons (Fsp3) is 0.0556. The van der Waals surface area contributed by atoms with Gasteiger partial charge >= 0.3 is 5.69 Å². The molecule has 5 nitrogen and oxygen atoms in total. The molecule has 3 rings (SSSR count). The number of carbonyl (C=O) groups is 1. The van der Waals surface area contributed by atoms with Gasteiger partial charge in [-0.1, -0.05) is 48.4 Å². The lowest BCUT2D eigenvalue weighted by molar-refractivity contribution is -0.635. The Morgan fingerprint density at radius 2 is 1.70 bits per heavy atom. The summed E-state index contributed by atoms with van der Waals surface area (Å²) >= 11 is 0. The maximum absolute atomic E-state index is 12.6. The lowest BCUT2D eigenvalue weighted by Gasteiger charge is -2.09. The largest absolute Gasteiger partial charge is 0.618 e. The van der Waals surface area contributed by atoms with E-state index >= 15 is 0 Å². The molecule has 2 aromatic carbocycles. The summed E-state index contributed by atoms with van der Waals surface area (Å²) in [7, 11) is 0. The van der Waals surface area contributed by atoms with Crippen LogP contribution >= 0.6 is 0 Å². The summed E-state index contributed by atoms with van der Waals surface area (Å²) in [6.45, 7) is 1.33. The Labute approximate surface area is 139 Å². The quantitative estimate of drug-likeness (QED) is 0.322. The van der Waals surface area contributed by atoms with Gasteiger partial charge in [-0.2, -0.15) is 9.46 Å². The maximum atomic E-state index is 12.6. The van der Waals surface area contributed by atoms with Crippen LogP contribution < -0.4 is 9.46 Å². The molecule has 0 N–H and O–H groups in total. The van der Waals surface area contributed by atoms with Crippen molar-refractivity contribution in [3.63, 3.8) is 0 Å². The van der Waals surface area contributed by atoms with E-state index in [1.54, 1.807) is 12.1 Å². The highest BCUT2D eigenvalue weighted by Gasteiger charge is 2.28. The Balaban J connectivity index is 2.13. The third-order valence-corrected chi connectivity index (χ3v) is 3.32. The number of rotatable bonds is 3. The van der Waals surface area contributed by atoms with E-state index in [1.807, 2.05) is 0 Å². The minimum absolute atomic E-state index is 0.0164. The summed E-state index contributed by atoms with van der Waals surface area (Å²) < 4.78 is 39.4. The van der Waals surface area contributed by atoms with Crippen LogP contribution in [0.1, 0.15) is 28.6 Å². The van der Waals surface area contributed by atoms with Gasteiger partial charge in [-0.25, -0.2) is 0 Å². The van der Waals surface area contributed by atoms with Gasteiger partial charge < -0.3 is 10.4 Å². The van der Waals surface area contributed by atoms with Crippen LogP contribution in [0.2, 0.25) is 0 Å². The second-order valence-electron chi connectivity index (χ2n) is 4.75. The molecule has 0 saturated carbocycles. The summed E-state index contributed by atoms with van der Waals surface area (Å²) in [5.74, 6) is -0.824. The highest BCUT2D eigenvalue weighted by molar-refractivity contribution is 6.05.